The maximum absolute atomic E-state index is 12.2. The number of nitrogens with one attached hydrogen (secondary N) is 2. The van der Waals surface area contributed by atoms with E-state index in [0.29, 0.717) is 17.1 Å². The molecule has 0 spiro atoms. The summed E-state index contributed by atoms with van der Waals surface area (Å²) in [6.45, 7) is 1.83. The fourth-order valence-electron chi connectivity index (χ4n) is 1.82. The van der Waals surface area contributed by atoms with Crippen LogP contribution in [0.2, 0.25) is 0 Å². The highest BCUT2D eigenvalue weighted by Crippen LogP contribution is 2.14. The van der Waals surface area contributed by atoms with Crippen LogP contribution in [-0.2, 0) is 6.61 Å². The van der Waals surface area contributed by atoms with Crippen LogP contribution in [0.4, 0.5) is 11.5 Å². The number of aliphatic hydroxyl groups excluding tert-OH is 1. The molecule has 0 bridgehead atoms. The molecule has 1 amide bonds. The van der Waals surface area contributed by atoms with Crippen molar-refractivity contribution in [3.63, 3.8) is 0 Å². The minimum Gasteiger partial charge on any atom is -0.392 e. The zero-order valence-electron chi connectivity index (χ0n) is 11.5. The van der Waals surface area contributed by atoms with Gasteiger partial charge in [-0.05, 0) is 36.8 Å². The Morgan fingerprint density at radius 1 is 1.25 bits per heavy atom. The molecule has 0 saturated heterocycles. The molecule has 20 heavy (non-hydrogen) atoms. The Morgan fingerprint density at radius 2 is 1.95 bits per heavy atom. The van der Waals surface area contributed by atoms with Crippen LogP contribution in [0, 0.1) is 6.92 Å². The quantitative estimate of drug-likeness (QED) is 0.796. The van der Waals surface area contributed by atoms with Gasteiger partial charge in [0.1, 0.15) is 5.82 Å². The molecular formula is C15H17N3O2. The van der Waals surface area contributed by atoms with Crippen molar-refractivity contribution < 1.29 is 9.90 Å². The summed E-state index contributed by atoms with van der Waals surface area (Å²) < 4.78 is 0. The highest BCUT2D eigenvalue weighted by molar-refractivity contribution is 6.04. The summed E-state index contributed by atoms with van der Waals surface area (Å²) in [5, 5.41) is 14.7. The van der Waals surface area contributed by atoms with Crippen molar-refractivity contribution >= 4 is 17.4 Å². The molecule has 0 saturated carbocycles. The van der Waals surface area contributed by atoms with Crippen molar-refractivity contribution in [2.75, 3.05) is 17.7 Å². The highest BCUT2D eigenvalue weighted by atomic mass is 16.3. The van der Waals surface area contributed by atoms with Crippen molar-refractivity contribution in [3.8, 4) is 0 Å². The normalized spacial score (nSPS) is 10.2. The number of hydrogen-bond donors (Lipinski definition) is 3. The smallest absolute Gasteiger partial charge is 0.255 e. The number of aryl methyl sites for hydroxylation is 1. The second kappa shape index (κ2) is 6.16. The molecule has 0 aliphatic heterocycles. The van der Waals surface area contributed by atoms with Crippen LogP contribution >= 0.6 is 0 Å². The topological polar surface area (TPSA) is 74.2 Å². The van der Waals surface area contributed by atoms with E-state index in [-0.39, 0.29) is 12.5 Å². The Hall–Kier alpha value is -2.40. The van der Waals surface area contributed by atoms with Crippen molar-refractivity contribution in [3.05, 3.63) is 53.2 Å². The van der Waals surface area contributed by atoms with Crippen LogP contribution in [0.5, 0.6) is 0 Å². The number of carbonyl (C=O) groups excluding carboxylic acids is 1. The van der Waals surface area contributed by atoms with Gasteiger partial charge in [-0.3, -0.25) is 4.79 Å². The highest BCUT2D eigenvalue weighted by Gasteiger charge is 2.08. The third-order valence-electron chi connectivity index (χ3n) is 2.87. The number of anilines is 2. The molecule has 1 heterocycles. The van der Waals surface area contributed by atoms with E-state index in [4.69, 9.17) is 5.11 Å². The van der Waals surface area contributed by atoms with E-state index in [1.165, 1.54) is 0 Å². The van der Waals surface area contributed by atoms with E-state index in [1.807, 2.05) is 6.92 Å². The van der Waals surface area contributed by atoms with Gasteiger partial charge in [0, 0.05) is 24.0 Å². The minimum absolute atomic E-state index is 0.0106. The molecule has 104 valence electrons. The number of nitrogens with zero attached hydrogens (tertiary/aromatic N) is 1. The fourth-order valence-corrected chi connectivity index (χ4v) is 1.82. The van der Waals surface area contributed by atoms with Gasteiger partial charge in [-0.2, -0.15) is 0 Å². The molecule has 0 unspecified atom stereocenters. The van der Waals surface area contributed by atoms with E-state index in [9.17, 15) is 4.79 Å². The van der Waals surface area contributed by atoms with Gasteiger partial charge in [0.05, 0.1) is 6.61 Å². The fraction of sp³-hybridized carbons (Fsp3) is 0.200. The SMILES string of the molecule is CNc1cc(C(=O)Nc2ccc(CO)cc2)cc(C)n1. The molecule has 1 aromatic carbocycles. The van der Waals surface area contributed by atoms with Crippen molar-refractivity contribution in [2.45, 2.75) is 13.5 Å². The first-order chi connectivity index (χ1) is 9.62. The molecule has 3 N–H and O–H groups in total. The lowest BCUT2D eigenvalue weighted by Crippen LogP contribution is -2.13. The average molecular weight is 271 g/mol. The van der Waals surface area contributed by atoms with Crippen molar-refractivity contribution in [1.29, 1.82) is 0 Å². The van der Waals surface area contributed by atoms with Crippen LogP contribution < -0.4 is 10.6 Å². The number of aromatic nitrogens is 1. The molecule has 2 rings (SSSR count). The van der Waals surface area contributed by atoms with Gasteiger partial charge < -0.3 is 15.7 Å². The van der Waals surface area contributed by atoms with Crippen molar-refractivity contribution in [1.82, 2.24) is 4.98 Å². The number of pyridine rings is 1. The van der Waals surface area contributed by atoms with Gasteiger partial charge in [0.2, 0.25) is 0 Å². The molecule has 0 fully saturated rings. The van der Waals surface area contributed by atoms with Crippen LogP contribution in [0.3, 0.4) is 0 Å². The minimum atomic E-state index is -0.191. The number of aliphatic hydroxyl groups is 1. The monoisotopic (exact) mass is 271 g/mol. The molecule has 0 aliphatic rings. The van der Waals surface area contributed by atoms with E-state index in [2.05, 4.69) is 15.6 Å². The largest absolute Gasteiger partial charge is 0.392 e. The lowest BCUT2D eigenvalue weighted by molar-refractivity contribution is 0.102. The lowest BCUT2D eigenvalue weighted by atomic mass is 10.2. The third kappa shape index (κ3) is 3.33. The zero-order valence-corrected chi connectivity index (χ0v) is 11.5. The second-order valence-electron chi connectivity index (χ2n) is 4.44. The predicted molar refractivity (Wildman–Crippen MR) is 78.8 cm³/mol. The predicted octanol–water partition coefficient (Wildman–Crippen LogP) is 2.18. The molecule has 5 heteroatoms. The molecule has 5 nitrogen and oxygen atoms in total. The molecule has 1 aromatic heterocycles. The zero-order chi connectivity index (χ0) is 14.5. The number of amides is 1. The van der Waals surface area contributed by atoms with E-state index in [0.717, 1.165) is 11.3 Å². The van der Waals surface area contributed by atoms with Crippen LogP contribution in [0.1, 0.15) is 21.6 Å². The lowest BCUT2D eigenvalue weighted by Gasteiger charge is -2.08. The van der Waals surface area contributed by atoms with Gasteiger partial charge >= 0.3 is 0 Å². The Morgan fingerprint density at radius 3 is 2.55 bits per heavy atom. The molecule has 2 aromatic rings. The standard InChI is InChI=1S/C15H17N3O2/c1-10-7-12(8-14(16-2)17-10)15(20)18-13-5-3-11(9-19)4-6-13/h3-8,19H,9H2,1-2H3,(H,16,17)(H,18,20). The van der Waals surface area contributed by atoms with Gasteiger partial charge in [-0.1, -0.05) is 12.1 Å². The second-order valence-corrected chi connectivity index (χ2v) is 4.44. The maximum atomic E-state index is 12.2. The summed E-state index contributed by atoms with van der Waals surface area (Å²) >= 11 is 0. The molecule has 0 aliphatic carbocycles. The third-order valence-corrected chi connectivity index (χ3v) is 2.87. The van der Waals surface area contributed by atoms with Crippen molar-refractivity contribution in [2.24, 2.45) is 0 Å². The molecule has 0 radical (unpaired) electrons. The number of rotatable bonds is 4. The van der Waals surface area contributed by atoms with E-state index < -0.39 is 0 Å². The Labute approximate surface area is 117 Å². The first-order valence-electron chi connectivity index (χ1n) is 6.30. The maximum Gasteiger partial charge on any atom is 0.255 e. The van der Waals surface area contributed by atoms with Gasteiger partial charge in [-0.25, -0.2) is 4.98 Å². The summed E-state index contributed by atoms with van der Waals surface area (Å²) in [4.78, 5) is 16.4. The van der Waals surface area contributed by atoms with E-state index in [1.54, 1.807) is 43.4 Å². The van der Waals surface area contributed by atoms with Gasteiger partial charge in [0.25, 0.3) is 5.91 Å². The Kier molecular flexibility index (Phi) is 4.32. The average Bonchev–Trinajstić information content (AvgIpc) is 2.47. The molecular weight excluding hydrogens is 254 g/mol. The summed E-state index contributed by atoms with van der Waals surface area (Å²) in [6, 6.07) is 10.5. The summed E-state index contributed by atoms with van der Waals surface area (Å²) in [5.74, 6) is 0.467. The number of benzene rings is 1. The van der Waals surface area contributed by atoms with Crippen LogP contribution in [-0.4, -0.2) is 23.0 Å². The summed E-state index contributed by atoms with van der Waals surface area (Å²) in [5.41, 5.74) is 2.82. The Bertz CT molecular complexity index is 609. The number of hydrogen-bond acceptors (Lipinski definition) is 4. The first kappa shape index (κ1) is 14.0. The van der Waals surface area contributed by atoms with Gasteiger partial charge in [-0.15, -0.1) is 0 Å². The summed E-state index contributed by atoms with van der Waals surface area (Å²) in [6.07, 6.45) is 0. The first-order valence-corrected chi connectivity index (χ1v) is 6.30. The number of carbonyl (C=O) groups is 1. The molecule has 0 atom stereocenters. The van der Waals surface area contributed by atoms with Crippen LogP contribution in [0.15, 0.2) is 36.4 Å². The van der Waals surface area contributed by atoms with Crippen LogP contribution in [0.25, 0.3) is 0 Å². The summed E-state index contributed by atoms with van der Waals surface area (Å²) in [7, 11) is 1.76. The Balaban J connectivity index is 2.16. The van der Waals surface area contributed by atoms with E-state index >= 15 is 0 Å². The van der Waals surface area contributed by atoms with Gasteiger partial charge in [0.15, 0.2) is 0 Å².